The van der Waals surface area contributed by atoms with E-state index in [9.17, 15) is 24.3 Å². The highest BCUT2D eigenvalue weighted by Gasteiger charge is 2.52. The van der Waals surface area contributed by atoms with Crippen LogP contribution in [0.2, 0.25) is 0 Å². The molecule has 1 fully saturated rings. The molecule has 2 aliphatic heterocycles. The van der Waals surface area contributed by atoms with Crippen molar-refractivity contribution in [2.24, 2.45) is 5.92 Å². The highest BCUT2D eigenvalue weighted by Crippen LogP contribution is 2.35. The van der Waals surface area contributed by atoms with Gasteiger partial charge in [-0.25, -0.2) is 9.59 Å². The summed E-state index contributed by atoms with van der Waals surface area (Å²) in [5.41, 5.74) is -3.91. The van der Waals surface area contributed by atoms with Crippen LogP contribution in [-0.4, -0.2) is 83.1 Å². The van der Waals surface area contributed by atoms with Gasteiger partial charge in [-0.05, 0) is 27.3 Å². The lowest BCUT2D eigenvalue weighted by atomic mass is 9.79. The maximum Gasteiger partial charge on any atom is 0.350 e. The molecule has 2 heterocycles. The summed E-state index contributed by atoms with van der Waals surface area (Å²) in [6.07, 6.45) is 0.292. The summed E-state index contributed by atoms with van der Waals surface area (Å²) in [6, 6.07) is 0. The monoisotopic (exact) mass is 459 g/mol. The Hall–Kier alpha value is -1.97. The van der Waals surface area contributed by atoms with Crippen LogP contribution in [0.3, 0.4) is 0 Å². The summed E-state index contributed by atoms with van der Waals surface area (Å²) in [7, 11) is 1.83. The van der Waals surface area contributed by atoms with Crippen molar-refractivity contribution in [3.05, 3.63) is 11.6 Å². The molecule has 5 unspecified atom stereocenters. The van der Waals surface area contributed by atoms with E-state index in [0.717, 1.165) is 6.92 Å². The number of hydrogen-bond acceptors (Lipinski definition) is 9. The standard InChI is InChI=1S/C21H30ClNO8/c1-12-10-21(28,13(2)22)19(27)30-16-7-9-23(5)8-6-15(17(16)25)11-29-18(26)20(12,4)31-14(3)24/h6,12-13,16,28H,7-11H2,1-5H3. The van der Waals surface area contributed by atoms with E-state index in [4.69, 9.17) is 25.8 Å². The minimum absolute atomic E-state index is 0.151. The van der Waals surface area contributed by atoms with Crippen LogP contribution in [-0.2, 0) is 33.4 Å². The Bertz CT molecular complexity index is 781. The van der Waals surface area contributed by atoms with Crippen LogP contribution in [0.15, 0.2) is 11.6 Å². The average Bonchev–Trinajstić information content (AvgIpc) is 2.67. The Morgan fingerprint density at radius 3 is 2.58 bits per heavy atom. The quantitative estimate of drug-likeness (QED) is 0.366. The van der Waals surface area contributed by atoms with Gasteiger partial charge in [0.25, 0.3) is 0 Å². The minimum Gasteiger partial charge on any atom is -0.458 e. The molecule has 1 saturated heterocycles. The third kappa shape index (κ3) is 5.45. The van der Waals surface area contributed by atoms with Crippen molar-refractivity contribution in [1.29, 1.82) is 0 Å². The number of Topliss-reactive ketones (excluding diaryl/α,β-unsaturated/α-hetero) is 1. The lowest BCUT2D eigenvalue weighted by Gasteiger charge is -2.39. The number of cyclic esters (lactones) is 1. The highest BCUT2D eigenvalue weighted by atomic mass is 35.5. The molecule has 0 aromatic rings. The maximum absolute atomic E-state index is 13.0. The number of aliphatic hydroxyl groups is 1. The summed E-state index contributed by atoms with van der Waals surface area (Å²) in [5, 5.41) is 10.0. The first-order valence-corrected chi connectivity index (χ1v) is 10.6. The Morgan fingerprint density at radius 2 is 2.00 bits per heavy atom. The molecule has 0 spiro atoms. The second-order valence-electron chi connectivity index (χ2n) is 8.46. The van der Waals surface area contributed by atoms with E-state index in [1.807, 2.05) is 11.9 Å². The molecule has 0 aliphatic carbocycles. The van der Waals surface area contributed by atoms with Gasteiger partial charge in [0, 0.05) is 37.9 Å². The lowest BCUT2D eigenvalue weighted by Crippen LogP contribution is -2.56. The maximum atomic E-state index is 13.0. The molecule has 0 aromatic heterocycles. The zero-order chi connectivity index (χ0) is 23.6. The fourth-order valence-corrected chi connectivity index (χ4v) is 3.78. The number of carbonyl (C=O) groups is 4. The number of likely N-dealkylation sites (N-methyl/N-ethyl adjacent to an activating group) is 1. The van der Waals surface area contributed by atoms with Crippen LogP contribution in [0.5, 0.6) is 0 Å². The molecule has 0 amide bonds. The van der Waals surface area contributed by atoms with Crippen molar-refractivity contribution in [3.8, 4) is 0 Å². The summed E-state index contributed by atoms with van der Waals surface area (Å²) in [6.45, 7) is 5.95. The lowest BCUT2D eigenvalue weighted by molar-refractivity contribution is -0.192. The molecule has 1 N–H and O–H groups in total. The fourth-order valence-electron chi connectivity index (χ4n) is 3.61. The van der Waals surface area contributed by atoms with Crippen molar-refractivity contribution in [1.82, 2.24) is 4.90 Å². The number of alkyl halides is 1. The number of halogens is 1. The van der Waals surface area contributed by atoms with E-state index in [1.54, 1.807) is 6.08 Å². The van der Waals surface area contributed by atoms with Gasteiger partial charge in [-0.15, -0.1) is 11.6 Å². The summed E-state index contributed by atoms with van der Waals surface area (Å²) >= 11 is 6.16. The Kier molecular flexibility index (Phi) is 7.89. The number of carbonyl (C=O) groups excluding carboxylic acids is 4. The number of nitrogens with zero attached hydrogens (tertiary/aromatic N) is 1. The third-order valence-corrected chi connectivity index (χ3v) is 6.33. The molecule has 9 nitrogen and oxygen atoms in total. The second-order valence-corrected chi connectivity index (χ2v) is 9.12. The minimum atomic E-state index is -2.24. The first-order chi connectivity index (χ1) is 14.3. The van der Waals surface area contributed by atoms with E-state index >= 15 is 0 Å². The molecule has 0 aromatic carbocycles. The predicted octanol–water partition coefficient (Wildman–Crippen LogP) is 0.992. The smallest absolute Gasteiger partial charge is 0.350 e. The van der Waals surface area contributed by atoms with E-state index in [2.05, 4.69) is 0 Å². The molecule has 2 bridgehead atoms. The SMILES string of the molecule is CC(=O)OC1(C)C(=O)OCC2=CCN(C)CCC(OC(=O)C(O)(C(C)Cl)CC1C)C2=O. The van der Waals surface area contributed by atoms with Crippen molar-refractivity contribution in [2.75, 3.05) is 26.7 Å². The zero-order valence-electron chi connectivity index (χ0n) is 18.5. The van der Waals surface area contributed by atoms with E-state index in [0.29, 0.717) is 13.1 Å². The summed E-state index contributed by atoms with van der Waals surface area (Å²) < 4.78 is 16.1. The second kappa shape index (κ2) is 9.67. The zero-order valence-corrected chi connectivity index (χ0v) is 19.2. The van der Waals surface area contributed by atoms with E-state index in [1.165, 1.54) is 20.8 Å². The predicted molar refractivity (Wildman–Crippen MR) is 110 cm³/mol. The van der Waals surface area contributed by atoms with Gasteiger partial charge in [0.1, 0.15) is 6.61 Å². The molecular weight excluding hydrogens is 430 g/mol. The first kappa shape index (κ1) is 25.3. The van der Waals surface area contributed by atoms with Crippen LogP contribution in [0.1, 0.15) is 40.5 Å². The number of hydrogen-bond donors (Lipinski definition) is 1. The van der Waals surface area contributed by atoms with Crippen molar-refractivity contribution in [3.63, 3.8) is 0 Å². The van der Waals surface area contributed by atoms with Crippen LogP contribution in [0, 0.1) is 5.92 Å². The molecule has 0 radical (unpaired) electrons. The first-order valence-electron chi connectivity index (χ1n) is 10.2. The Morgan fingerprint density at radius 1 is 1.35 bits per heavy atom. The topological polar surface area (TPSA) is 119 Å². The van der Waals surface area contributed by atoms with Gasteiger partial charge in [-0.3, -0.25) is 9.59 Å². The van der Waals surface area contributed by atoms with Gasteiger partial charge in [-0.2, -0.15) is 0 Å². The molecule has 10 heteroatoms. The molecule has 5 atom stereocenters. The normalized spacial score (nSPS) is 34.7. The number of ketones is 1. The number of esters is 3. The van der Waals surface area contributed by atoms with E-state index < -0.39 is 52.3 Å². The Labute approximate surface area is 186 Å². The van der Waals surface area contributed by atoms with Crippen LogP contribution in [0.4, 0.5) is 0 Å². The number of rotatable bonds is 2. The molecule has 2 aliphatic rings. The highest BCUT2D eigenvalue weighted by molar-refractivity contribution is 6.23. The van der Waals surface area contributed by atoms with Gasteiger partial charge in [0.05, 0.1) is 5.38 Å². The molecule has 31 heavy (non-hydrogen) atoms. The van der Waals surface area contributed by atoms with Crippen molar-refractivity contribution < 1.29 is 38.5 Å². The van der Waals surface area contributed by atoms with Gasteiger partial charge >= 0.3 is 17.9 Å². The number of fused-ring (bicyclic) bond motifs is 2. The van der Waals surface area contributed by atoms with Gasteiger partial charge in [0.2, 0.25) is 11.4 Å². The molecule has 0 saturated carbocycles. The van der Waals surface area contributed by atoms with Crippen LogP contribution >= 0.6 is 11.6 Å². The summed E-state index contributed by atoms with van der Waals surface area (Å²) in [4.78, 5) is 52.6. The van der Waals surface area contributed by atoms with Gasteiger partial charge < -0.3 is 24.2 Å². The molecular formula is C21H30ClNO8. The largest absolute Gasteiger partial charge is 0.458 e. The number of ether oxygens (including phenoxy) is 3. The Balaban J connectivity index is 2.56. The molecule has 174 valence electrons. The van der Waals surface area contributed by atoms with Gasteiger partial charge in [0.15, 0.2) is 11.7 Å². The molecule has 2 rings (SSSR count). The third-order valence-electron chi connectivity index (χ3n) is 5.97. The average molecular weight is 460 g/mol. The van der Waals surface area contributed by atoms with Gasteiger partial charge in [-0.1, -0.05) is 13.0 Å². The fraction of sp³-hybridized carbons (Fsp3) is 0.714. The van der Waals surface area contributed by atoms with E-state index in [-0.39, 0.29) is 25.0 Å². The van der Waals surface area contributed by atoms with Crippen molar-refractivity contribution >= 4 is 35.3 Å². The van der Waals surface area contributed by atoms with Crippen LogP contribution < -0.4 is 0 Å². The summed E-state index contributed by atoms with van der Waals surface area (Å²) in [5.74, 6) is -4.09. The van der Waals surface area contributed by atoms with Crippen molar-refractivity contribution in [2.45, 2.75) is 63.2 Å². The van der Waals surface area contributed by atoms with Crippen LogP contribution in [0.25, 0.3) is 0 Å².